The average Bonchev–Trinajstić information content (AvgIpc) is 2.60. The summed E-state index contributed by atoms with van der Waals surface area (Å²) in [6.45, 7) is 6.31. The minimum Gasteiger partial charge on any atom is -0.347 e. The third-order valence-electron chi connectivity index (χ3n) is 4.24. The van der Waals surface area contributed by atoms with Crippen LogP contribution in [0, 0.1) is 5.92 Å². The molecule has 2 aromatic rings. The number of nitrogens with one attached hydrogen (secondary N) is 1. The third kappa shape index (κ3) is 5.55. The molecule has 5 nitrogen and oxygen atoms in total. The second kappa shape index (κ2) is 9.16. The Hall–Kier alpha value is -2.43. The molecule has 5 heteroatoms. The van der Waals surface area contributed by atoms with Crippen LogP contribution in [-0.4, -0.2) is 15.5 Å². The zero-order chi connectivity index (χ0) is 18.2. The molecule has 0 spiro atoms. The normalized spacial score (nSPS) is 12.2. The number of carbonyl (C=O) groups is 1. The molecule has 1 aromatic heterocycles. The van der Waals surface area contributed by atoms with E-state index in [-0.39, 0.29) is 24.4 Å². The fourth-order valence-electron chi connectivity index (χ4n) is 2.79. The van der Waals surface area contributed by atoms with E-state index in [1.165, 1.54) is 29.2 Å². The highest BCUT2D eigenvalue weighted by Gasteiger charge is 2.18. The van der Waals surface area contributed by atoms with Crippen LogP contribution in [0.2, 0.25) is 0 Å². The van der Waals surface area contributed by atoms with Gasteiger partial charge in [0, 0.05) is 12.4 Å². The van der Waals surface area contributed by atoms with Crippen molar-refractivity contribution in [3.05, 3.63) is 64.3 Å². The summed E-state index contributed by atoms with van der Waals surface area (Å²) in [7, 11) is 0. The van der Waals surface area contributed by atoms with Crippen LogP contribution in [0.3, 0.4) is 0 Å². The third-order valence-corrected chi connectivity index (χ3v) is 4.24. The maximum atomic E-state index is 12.4. The molecule has 0 fully saturated rings. The predicted octanol–water partition coefficient (Wildman–Crippen LogP) is 3.10. The van der Waals surface area contributed by atoms with E-state index in [1.807, 2.05) is 0 Å². The molecule has 0 saturated carbocycles. The standard InChI is InChI=1S/C20H27N3O2/c1-4-5-7-16-8-10-17(11-9-16)19(15(2)3)22-18(24)14-23-13-6-12-21-20(23)25/h6,8-13,15,19H,4-5,7,14H2,1-3H3,(H,22,24)/t19-/m0/s1. The zero-order valence-corrected chi connectivity index (χ0v) is 15.2. The molecule has 1 heterocycles. The number of aryl methyl sites for hydroxylation is 1. The maximum absolute atomic E-state index is 12.4. The number of nitrogens with zero attached hydrogens (tertiary/aromatic N) is 2. The first-order valence-corrected chi connectivity index (χ1v) is 8.91. The molecule has 0 saturated heterocycles. The van der Waals surface area contributed by atoms with Gasteiger partial charge in [0.25, 0.3) is 0 Å². The largest absolute Gasteiger partial charge is 0.347 e. The molecule has 1 N–H and O–H groups in total. The molecule has 0 aliphatic rings. The number of rotatable bonds is 8. The van der Waals surface area contributed by atoms with Crippen molar-refractivity contribution in [2.75, 3.05) is 0 Å². The minimum atomic E-state index is -0.418. The number of aromatic nitrogens is 2. The summed E-state index contributed by atoms with van der Waals surface area (Å²) in [5.74, 6) is 0.0555. The van der Waals surface area contributed by atoms with E-state index in [4.69, 9.17) is 0 Å². The van der Waals surface area contributed by atoms with Gasteiger partial charge in [-0.2, -0.15) is 0 Å². The number of carbonyl (C=O) groups excluding carboxylic acids is 1. The van der Waals surface area contributed by atoms with Gasteiger partial charge >= 0.3 is 5.69 Å². The summed E-state index contributed by atoms with van der Waals surface area (Å²) in [6, 6.07) is 10.0. The quantitative estimate of drug-likeness (QED) is 0.802. The summed E-state index contributed by atoms with van der Waals surface area (Å²) >= 11 is 0. The Morgan fingerprint density at radius 3 is 2.56 bits per heavy atom. The molecular weight excluding hydrogens is 314 g/mol. The first-order chi connectivity index (χ1) is 12.0. The lowest BCUT2D eigenvalue weighted by atomic mass is 9.94. The Bertz CT molecular complexity index is 735. The van der Waals surface area contributed by atoms with E-state index >= 15 is 0 Å². The van der Waals surface area contributed by atoms with E-state index in [9.17, 15) is 9.59 Å². The predicted molar refractivity (Wildman–Crippen MR) is 99.3 cm³/mol. The monoisotopic (exact) mass is 341 g/mol. The van der Waals surface area contributed by atoms with E-state index in [2.05, 4.69) is 55.3 Å². The summed E-state index contributed by atoms with van der Waals surface area (Å²) < 4.78 is 1.31. The molecule has 1 amide bonds. The van der Waals surface area contributed by atoms with Crippen LogP contribution in [0.4, 0.5) is 0 Å². The number of hydrogen-bond donors (Lipinski definition) is 1. The molecule has 0 unspecified atom stereocenters. The second-order valence-corrected chi connectivity index (χ2v) is 6.66. The Morgan fingerprint density at radius 2 is 1.96 bits per heavy atom. The summed E-state index contributed by atoms with van der Waals surface area (Å²) in [6.07, 6.45) is 6.44. The fraction of sp³-hybridized carbons (Fsp3) is 0.450. The van der Waals surface area contributed by atoms with Crippen molar-refractivity contribution in [2.45, 2.75) is 52.6 Å². The lowest BCUT2D eigenvalue weighted by Gasteiger charge is -2.23. The Morgan fingerprint density at radius 1 is 1.24 bits per heavy atom. The van der Waals surface area contributed by atoms with Crippen LogP contribution < -0.4 is 11.0 Å². The molecule has 134 valence electrons. The molecule has 1 atom stereocenters. The fourth-order valence-corrected chi connectivity index (χ4v) is 2.79. The van der Waals surface area contributed by atoms with Crippen LogP contribution in [0.1, 0.15) is 50.8 Å². The SMILES string of the molecule is CCCCc1ccc([C@@H](NC(=O)Cn2cccnc2=O)C(C)C)cc1. The van der Waals surface area contributed by atoms with Gasteiger partial charge < -0.3 is 5.32 Å². The minimum absolute atomic E-state index is 0.0233. The van der Waals surface area contributed by atoms with Gasteiger partial charge in [0.1, 0.15) is 6.54 Å². The highest BCUT2D eigenvalue weighted by atomic mass is 16.2. The molecule has 0 radical (unpaired) electrons. The van der Waals surface area contributed by atoms with E-state index in [0.717, 1.165) is 12.0 Å². The molecule has 0 aliphatic carbocycles. The van der Waals surface area contributed by atoms with E-state index < -0.39 is 5.69 Å². The smallest absolute Gasteiger partial charge is 0.347 e. The Labute approximate surface area is 149 Å². The first-order valence-electron chi connectivity index (χ1n) is 8.91. The molecule has 0 bridgehead atoms. The molecule has 1 aromatic carbocycles. The van der Waals surface area contributed by atoms with Crippen LogP contribution >= 0.6 is 0 Å². The van der Waals surface area contributed by atoms with Crippen LogP contribution in [0.25, 0.3) is 0 Å². The van der Waals surface area contributed by atoms with Gasteiger partial charge in [-0.25, -0.2) is 9.78 Å². The summed E-state index contributed by atoms with van der Waals surface area (Å²) in [5.41, 5.74) is 1.99. The van der Waals surface area contributed by atoms with Crippen LogP contribution in [0.15, 0.2) is 47.5 Å². The molecule has 25 heavy (non-hydrogen) atoms. The highest BCUT2D eigenvalue weighted by Crippen LogP contribution is 2.22. The highest BCUT2D eigenvalue weighted by molar-refractivity contribution is 5.76. The van der Waals surface area contributed by atoms with Gasteiger partial charge in [0.2, 0.25) is 5.91 Å². The van der Waals surface area contributed by atoms with Crippen molar-refractivity contribution < 1.29 is 4.79 Å². The van der Waals surface area contributed by atoms with Gasteiger partial charge in [0.05, 0.1) is 6.04 Å². The number of amides is 1. The van der Waals surface area contributed by atoms with Crippen molar-refractivity contribution in [1.82, 2.24) is 14.9 Å². The van der Waals surface area contributed by atoms with Crippen molar-refractivity contribution in [3.63, 3.8) is 0 Å². The maximum Gasteiger partial charge on any atom is 0.347 e. The zero-order valence-electron chi connectivity index (χ0n) is 15.2. The summed E-state index contributed by atoms with van der Waals surface area (Å²) in [4.78, 5) is 27.7. The van der Waals surface area contributed by atoms with Crippen molar-refractivity contribution >= 4 is 5.91 Å². The lowest BCUT2D eigenvalue weighted by molar-refractivity contribution is -0.122. The van der Waals surface area contributed by atoms with Gasteiger partial charge in [-0.15, -0.1) is 0 Å². The Balaban J connectivity index is 2.06. The lowest BCUT2D eigenvalue weighted by Crippen LogP contribution is -2.36. The van der Waals surface area contributed by atoms with E-state index in [1.54, 1.807) is 12.3 Å². The van der Waals surface area contributed by atoms with Gasteiger partial charge in [-0.3, -0.25) is 9.36 Å². The van der Waals surface area contributed by atoms with Gasteiger partial charge in [0.15, 0.2) is 0 Å². The number of benzene rings is 1. The average molecular weight is 341 g/mol. The molecule has 2 rings (SSSR count). The molecular formula is C20H27N3O2. The van der Waals surface area contributed by atoms with Gasteiger partial charge in [-0.1, -0.05) is 51.5 Å². The van der Waals surface area contributed by atoms with Gasteiger partial charge in [-0.05, 0) is 36.0 Å². The number of hydrogen-bond acceptors (Lipinski definition) is 3. The van der Waals surface area contributed by atoms with Crippen molar-refractivity contribution in [2.24, 2.45) is 5.92 Å². The van der Waals surface area contributed by atoms with Crippen molar-refractivity contribution in [3.8, 4) is 0 Å². The summed E-state index contributed by atoms with van der Waals surface area (Å²) in [5, 5.41) is 3.04. The first kappa shape index (κ1) is 18.9. The Kier molecular flexibility index (Phi) is 6.92. The van der Waals surface area contributed by atoms with Crippen LogP contribution in [-0.2, 0) is 17.8 Å². The van der Waals surface area contributed by atoms with E-state index in [0.29, 0.717) is 0 Å². The van der Waals surface area contributed by atoms with Crippen molar-refractivity contribution in [1.29, 1.82) is 0 Å². The van der Waals surface area contributed by atoms with Crippen LogP contribution in [0.5, 0.6) is 0 Å². The number of unbranched alkanes of at least 4 members (excludes halogenated alkanes) is 1. The topological polar surface area (TPSA) is 64.0 Å². The second-order valence-electron chi connectivity index (χ2n) is 6.66. The molecule has 0 aliphatic heterocycles.